The van der Waals surface area contributed by atoms with Gasteiger partial charge in [0.05, 0.1) is 5.69 Å². The molecule has 0 saturated carbocycles. The maximum Gasteiger partial charge on any atom is 0.0829 e. The fraction of sp³-hybridized carbons (Fsp3) is 0.778. The van der Waals surface area contributed by atoms with Crippen LogP contribution in [-0.4, -0.2) is 28.6 Å². The number of hydrogen-bond donors (Lipinski definition) is 1. The Morgan fingerprint density at radius 1 is 1.62 bits per heavy atom. The molecular weight excluding hydrogens is 164 g/mol. The van der Waals surface area contributed by atoms with Crippen molar-refractivity contribution in [2.75, 3.05) is 13.6 Å². The molecule has 0 aliphatic carbocycles. The number of aromatic nitrogens is 3. The zero-order valence-electron chi connectivity index (χ0n) is 8.62. The monoisotopic (exact) mass is 182 g/mol. The molecule has 0 aliphatic heterocycles. The number of nitrogens with zero attached hydrogens (tertiary/aromatic N) is 3. The van der Waals surface area contributed by atoms with E-state index in [-0.39, 0.29) is 0 Å². The molecule has 1 unspecified atom stereocenters. The summed E-state index contributed by atoms with van der Waals surface area (Å²) < 4.78 is 1.75. The van der Waals surface area contributed by atoms with Gasteiger partial charge < -0.3 is 5.32 Å². The molecule has 4 heteroatoms. The van der Waals surface area contributed by atoms with Gasteiger partial charge in [0, 0.05) is 13.2 Å². The number of hydrogen-bond acceptors (Lipinski definition) is 3. The lowest BCUT2D eigenvalue weighted by molar-refractivity contribution is 0.509. The quantitative estimate of drug-likeness (QED) is 0.725. The molecule has 0 bridgehead atoms. The van der Waals surface area contributed by atoms with E-state index in [4.69, 9.17) is 0 Å². The van der Waals surface area contributed by atoms with Crippen molar-refractivity contribution in [3.05, 3.63) is 11.9 Å². The molecule has 1 aromatic heterocycles. The van der Waals surface area contributed by atoms with Gasteiger partial charge in [-0.1, -0.05) is 12.1 Å². The van der Waals surface area contributed by atoms with Gasteiger partial charge in [0.15, 0.2) is 0 Å². The SMILES string of the molecule is CNCCC(C)Cc1cn(C)nn1. The summed E-state index contributed by atoms with van der Waals surface area (Å²) in [6.07, 6.45) is 4.19. The van der Waals surface area contributed by atoms with Gasteiger partial charge in [-0.15, -0.1) is 5.10 Å². The summed E-state index contributed by atoms with van der Waals surface area (Å²) in [6.45, 7) is 3.31. The second-order valence-corrected chi connectivity index (χ2v) is 3.59. The maximum absolute atomic E-state index is 4.06. The summed E-state index contributed by atoms with van der Waals surface area (Å²) >= 11 is 0. The third-order valence-electron chi connectivity index (χ3n) is 2.09. The number of aryl methyl sites for hydroxylation is 1. The summed E-state index contributed by atoms with van der Waals surface area (Å²) in [5.41, 5.74) is 1.09. The van der Waals surface area contributed by atoms with E-state index in [9.17, 15) is 0 Å². The van der Waals surface area contributed by atoms with Gasteiger partial charge in [-0.05, 0) is 32.4 Å². The molecule has 0 radical (unpaired) electrons. The van der Waals surface area contributed by atoms with Crippen LogP contribution in [0.1, 0.15) is 19.0 Å². The minimum absolute atomic E-state index is 0.671. The van der Waals surface area contributed by atoms with Gasteiger partial charge in [-0.2, -0.15) is 0 Å². The van der Waals surface area contributed by atoms with E-state index in [1.165, 1.54) is 6.42 Å². The highest BCUT2D eigenvalue weighted by molar-refractivity contribution is 4.93. The first-order valence-corrected chi connectivity index (χ1v) is 4.72. The first-order valence-electron chi connectivity index (χ1n) is 4.72. The molecule has 1 atom stereocenters. The van der Waals surface area contributed by atoms with Crippen LogP contribution in [0, 0.1) is 5.92 Å². The Morgan fingerprint density at radius 2 is 2.38 bits per heavy atom. The Hall–Kier alpha value is -0.900. The zero-order chi connectivity index (χ0) is 9.68. The normalized spacial score (nSPS) is 13.2. The highest BCUT2D eigenvalue weighted by Crippen LogP contribution is 2.07. The second-order valence-electron chi connectivity index (χ2n) is 3.59. The van der Waals surface area contributed by atoms with Crippen molar-refractivity contribution in [3.63, 3.8) is 0 Å². The molecule has 0 aliphatic rings. The van der Waals surface area contributed by atoms with Gasteiger partial charge in [0.25, 0.3) is 0 Å². The van der Waals surface area contributed by atoms with Crippen LogP contribution in [0.5, 0.6) is 0 Å². The van der Waals surface area contributed by atoms with E-state index in [0.717, 1.165) is 18.7 Å². The third-order valence-corrected chi connectivity index (χ3v) is 2.09. The lowest BCUT2D eigenvalue weighted by atomic mass is 10.0. The molecule has 1 heterocycles. The largest absolute Gasteiger partial charge is 0.320 e. The standard InChI is InChI=1S/C9H18N4/c1-8(4-5-10-2)6-9-7-13(3)12-11-9/h7-8,10H,4-6H2,1-3H3. The van der Waals surface area contributed by atoms with Crippen molar-refractivity contribution in [3.8, 4) is 0 Å². The van der Waals surface area contributed by atoms with Crippen molar-refractivity contribution in [1.29, 1.82) is 0 Å². The molecule has 1 aromatic rings. The first-order chi connectivity index (χ1) is 6.22. The van der Waals surface area contributed by atoms with E-state index in [1.807, 2.05) is 20.3 Å². The van der Waals surface area contributed by atoms with E-state index in [2.05, 4.69) is 22.6 Å². The smallest absolute Gasteiger partial charge is 0.0829 e. The number of rotatable bonds is 5. The molecule has 0 amide bonds. The topological polar surface area (TPSA) is 42.7 Å². The molecular formula is C9H18N4. The molecule has 0 fully saturated rings. The molecule has 0 aromatic carbocycles. The molecule has 0 spiro atoms. The Bertz CT molecular complexity index is 244. The summed E-state index contributed by atoms with van der Waals surface area (Å²) in [6, 6.07) is 0. The van der Waals surface area contributed by atoms with Gasteiger partial charge >= 0.3 is 0 Å². The average molecular weight is 182 g/mol. The molecule has 0 saturated heterocycles. The third kappa shape index (κ3) is 3.55. The predicted octanol–water partition coefficient (Wildman–Crippen LogP) is 0.603. The van der Waals surface area contributed by atoms with Crippen molar-refractivity contribution < 1.29 is 0 Å². The Morgan fingerprint density at radius 3 is 2.92 bits per heavy atom. The lowest BCUT2D eigenvalue weighted by Crippen LogP contribution is -2.12. The molecule has 13 heavy (non-hydrogen) atoms. The van der Waals surface area contributed by atoms with Crippen LogP contribution in [0.4, 0.5) is 0 Å². The molecule has 1 rings (SSSR count). The minimum Gasteiger partial charge on any atom is -0.320 e. The van der Waals surface area contributed by atoms with Gasteiger partial charge in [-0.3, -0.25) is 4.68 Å². The van der Waals surface area contributed by atoms with Crippen molar-refractivity contribution in [1.82, 2.24) is 20.3 Å². The Kier molecular flexibility index (Phi) is 3.89. The fourth-order valence-electron chi connectivity index (χ4n) is 1.34. The average Bonchev–Trinajstić information content (AvgIpc) is 2.48. The van der Waals surface area contributed by atoms with Crippen LogP contribution in [0.15, 0.2) is 6.20 Å². The lowest BCUT2D eigenvalue weighted by Gasteiger charge is -2.07. The van der Waals surface area contributed by atoms with E-state index >= 15 is 0 Å². The molecule has 1 N–H and O–H groups in total. The van der Waals surface area contributed by atoms with Crippen LogP contribution in [0.3, 0.4) is 0 Å². The van der Waals surface area contributed by atoms with Gasteiger partial charge in [0.2, 0.25) is 0 Å². The van der Waals surface area contributed by atoms with Gasteiger partial charge in [0.1, 0.15) is 0 Å². The van der Waals surface area contributed by atoms with Crippen molar-refractivity contribution in [2.45, 2.75) is 19.8 Å². The molecule has 74 valence electrons. The van der Waals surface area contributed by atoms with Crippen LogP contribution in [-0.2, 0) is 13.5 Å². The van der Waals surface area contributed by atoms with Crippen molar-refractivity contribution >= 4 is 0 Å². The summed E-state index contributed by atoms with van der Waals surface area (Å²) in [5.74, 6) is 0.671. The zero-order valence-corrected chi connectivity index (χ0v) is 8.62. The Labute approximate surface area is 79.3 Å². The molecule has 4 nitrogen and oxygen atoms in total. The van der Waals surface area contributed by atoms with E-state index < -0.39 is 0 Å². The summed E-state index contributed by atoms with van der Waals surface area (Å²) in [4.78, 5) is 0. The second kappa shape index (κ2) is 4.97. The van der Waals surface area contributed by atoms with E-state index in [0.29, 0.717) is 5.92 Å². The maximum atomic E-state index is 4.06. The predicted molar refractivity (Wildman–Crippen MR) is 52.4 cm³/mol. The van der Waals surface area contributed by atoms with E-state index in [1.54, 1.807) is 4.68 Å². The highest BCUT2D eigenvalue weighted by Gasteiger charge is 2.05. The summed E-state index contributed by atoms with van der Waals surface area (Å²) in [5, 5.41) is 11.1. The van der Waals surface area contributed by atoms with Crippen LogP contribution in [0.25, 0.3) is 0 Å². The Balaban J connectivity index is 2.31. The number of nitrogens with one attached hydrogen (secondary N) is 1. The minimum atomic E-state index is 0.671. The van der Waals surface area contributed by atoms with Crippen LogP contribution in [0.2, 0.25) is 0 Å². The van der Waals surface area contributed by atoms with Crippen molar-refractivity contribution in [2.24, 2.45) is 13.0 Å². The highest BCUT2D eigenvalue weighted by atomic mass is 15.4. The van der Waals surface area contributed by atoms with Gasteiger partial charge in [-0.25, -0.2) is 0 Å². The first kappa shape index (κ1) is 10.2. The van der Waals surface area contributed by atoms with Crippen LogP contribution < -0.4 is 5.32 Å². The summed E-state index contributed by atoms with van der Waals surface area (Å²) in [7, 11) is 3.88. The van der Waals surface area contributed by atoms with Crippen LogP contribution >= 0.6 is 0 Å². The fourth-order valence-corrected chi connectivity index (χ4v) is 1.34.